The zero-order chi connectivity index (χ0) is 23.3. The molecule has 0 saturated carbocycles. The third-order valence-corrected chi connectivity index (χ3v) is 4.78. The van der Waals surface area contributed by atoms with Crippen molar-refractivity contribution in [3.8, 4) is 11.5 Å². The number of urea groups is 1. The van der Waals surface area contributed by atoms with Gasteiger partial charge in [-0.25, -0.2) is 14.5 Å². The first kappa shape index (κ1) is 22.5. The number of benzene rings is 2. The van der Waals surface area contributed by atoms with Gasteiger partial charge < -0.3 is 14.2 Å². The molecule has 3 rings (SSSR count). The second-order valence-corrected chi connectivity index (χ2v) is 6.75. The molecular weight excluding hydrogens is 416 g/mol. The second-order valence-electron chi connectivity index (χ2n) is 6.75. The molecule has 1 fully saturated rings. The Morgan fingerprint density at radius 1 is 1.03 bits per heavy atom. The van der Waals surface area contributed by atoms with Crippen LogP contribution in [0.15, 0.2) is 48.0 Å². The standard InChI is InChI=1S/C23H22N2O7/c1-4-14-5-8-16(9-6-14)25-22(28)17(21(27)24-23(25)29)11-15-7-10-18(19(12-15)30-2)32-13-20(26)31-3/h5-12H,4,13H2,1-3H3,(H,24,27,29). The Morgan fingerprint density at radius 2 is 1.75 bits per heavy atom. The number of barbiturate groups is 1. The number of methoxy groups -OCH3 is 2. The van der Waals surface area contributed by atoms with Gasteiger partial charge in [-0.05, 0) is 47.9 Å². The van der Waals surface area contributed by atoms with Crippen LogP contribution < -0.4 is 19.7 Å². The number of carbonyl (C=O) groups is 4. The number of anilines is 1. The van der Waals surface area contributed by atoms with E-state index in [1.54, 1.807) is 18.2 Å². The third kappa shape index (κ3) is 4.77. The molecule has 0 atom stereocenters. The van der Waals surface area contributed by atoms with Crippen LogP contribution in [0.2, 0.25) is 0 Å². The minimum atomic E-state index is -0.814. The molecule has 0 unspecified atom stereocenters. The van der Waals surface area contributed by atoms with Gasteiger partial charge in [0.05, 0.1) is 19.9 Å². The van der Waals surface area contributed by atoms with Crippen molar-refractivity contribution in [1.82, 2.24) is 5.32 Å². The van der Waals surface area contributed by atoms with Gasteiger partial charge in [0.15, 0.2) is 18.1 Å². The normalized spacial score (nSPS) is 14.9. The molecule has 1 heterocycles. The number of rotatable bonds is 7. The molecule has 0 aliphatic carbocycles. The molecule has 166 valence electrons. The van der Waals surface area contributed by atoms with Crippen LogP contribution in [0.25, 0.3) is 6.08 Å². The average Bonchev–Trinajstić information content (AvgIpc) is 2.80. The second kappa shape index (κ2) is 9.78. The first-order valence-electron chi connectivity index (χ1n) is 9.76. The van der Waals surface area contributed by atoms with Crippen LogP contribution in [0.4, 0.5) is 10.5 Å². The van der Waals surface area contributed by atoms with Gasteiger partial charge in [-0.2, -0.15) is 0 Å². The van der Waals surface area contributed by atoms with Crippen LogP contribution in [0.1, 0.15) is 18.1 Å². The number of aryl methyl sites for hydroxylation is 1. The molecule has 9 nitrogen and oxygen atoms in total. The molecule has 1 saturated heterocycles. The summed E-state index contributed by atoms with van der Waals surface area (Å²) in [7, 11) is 2.66. The van der Waals surface area contributed by atoms with Crippen LogP contribution in [0, 0.1) is 0 Å². The smallest absolute Gasteiger partial charge is 0.343 e. The first-order valence-corrected chi connectivity index (χ1v) is 9.76. The summed E-state index contributed by atoms with van der Waals surface area (Å²) < 4.78 is 15.2. The Balaban J connectivity index is 1.90. The summed E-state index contributed by atoms with van der Waals surface area (Å²) in [5, 5.41) is 2.19. The van der Waals surface area contributed by atoms with Crippen LogP contribution in [0.5, 0.6) is 11.5 Å². The summed E-state index contributed by atoms with van der Waals surface area (Å²) in [6, 6.07) is 10.8. The largest absolute Gasteiger partial charge is 0.493 e. The molecule has 1 aliphatic rings. The fourth-order valence-electron chi connectivity index (χ4n) is 3.03. The number of carbonyl (C=O) groups excluding carboxylic acids is 4. The Labute approximate surface area is 184 Å². The summed E-state index contributed by atoms with van der Waals surface area (Å²) in [6.45, 7) is 1.69. The molecule has 4 amide bonds. The maximum Gasteiger partial charge on any atom is 0.343 e. The van der Waals surface area contributed by atoms with Crippen molar-refractivity contribution in [1.29, 1.82) is 0 Å². The number of esters is 1. The number of nitrogens with zero attached hydrogens (tertiary/aromatic N) is 1. The lowest BCUT2D eigenvalue weighted by Crippen LogP contribution is -2.54. The quantitative estimate of drug-likeness (QED) is 0.402. The van der Waals surface area contributed by atoms with Crippen LogP contribution >= 0.6 is 0 Å². The lowest BCUT2D eigenvalue weighted by molar-refractivity contribution is -0.143. The van der Waals surface area contributed by atoms with E-state index in [1.165, 1.54) is 32.4 Å². The Morgan fingerprint density at radius 3 is 2.38 bits per heavy atom. The predicted octanol–water partition coefficient (Wildman–Crippen LogP) is 2.48. The summed E-state index contributed by atoms with van der Waals surface area (Å²) in [5.41, 5.74) is 1.65. The number of hydrogen-bond donors (Lipinski definition) is 1. The molecule has 9 heteroatoms. The van der Waals surface area contributed by atoms with Crippen molar-refractivity contribution in [2.45, 2.75) is 13.3 Å². The van der Waals surface area contributed by atoms with Crippen molar-refractivity contribution in [3.05, 3.63) is 59.2 Å². The fourth-order valence-corrected chi connectivity index (χ4v) is 3.03. The van der Waals surface area contributed by atoms with Gasteiger partial charge in [-0.1, -0.05) is 25.1 Å². The Bertz CT molecular complexity index is 1090. The molecule has 0 bridgehead atoms. The molecule has 2 aromatic carbocycles. The molecule has 0 aromatic heterocycles. The average molecular weight is 438 g/mol. The van der Waals surface area contributed by atoms with Crippen LogP contribution in [-0.2, 0) is 25.5 Å². The lowest BCUT2D eigenvalue weighted by atomic mass is 10.1. The maximum atomic E-state index is 13.0. The van der Waals surface area contributed by atoms with Gasteiger partial charge >= 0.3 is 12.0 Å². The number of amides is 4. The summed E-state index contributed by atoms with van der Waals surface area (Å²) in [6.07, 6.45) is 2.16. The van der Waals surface area contributed by atoms with Crippen molar-refractivity contribution < 1.29 is 33.4 Å². The maximum absolute atomic E-state index is 13.0. The number of nitrogens with one attached hydrogen (secondary N) is 1. The minimum absolute atomic E-state index is 0.213. The molecule has 32 heavy (non-hydrogen) atoms. The number of hydrogen-bond acceptors (Lipinski definition) is 7. The highest BCUT2D eigenvalue weighted by Gasteiger charge is 2.36. The lowest BCUT2D eigenvalue weighted by Gasteiger charge is -2.26. The molecule has 0 spiro atoms. The monoisotopic (exact) mass is 438 g/mol. The van der Waals surface area contributed by atoms with Gasteiger partial charge in [0.2, 0.25) is 0 Å². The third-order valence-electron chi connectivity index (χ3n) is 4.78. The van der Waals surface area contributed by atoms with E-state index in [2.05, 4.69) is 10.1 Å². The highest BCUT2D eigenvalue weighted by molar-refractivity contribution is 6.39. The fraction of sp³-hybridized carbons (Fsp3) is 0.217. The predicted molar refractivity (Wildman–Crippen MR) is 115 cm³/mol. The Kier molecular flexibility index (Phi) is 6.89. The van der Waals surface area contributed by atoms with Crippen molar-refractivity contribution in [3.63, 3.8) is 0 Å². The minimum Gasteiger partial charge on any atom is -0.493 e. The summed E-state index contributed by atoms with van der Waals surface area (Å²) in [4.78, 5) is 49.9. The van der Waals surface area contributed by atoms with Crippen molar-refractivity contribution in [2.75, 3.05) is 25.7 Å². The molecule has 1 N–H and O–H groups in total. The topological polar surface area (TPSA) is 111 Å². The number of ether oxygens (including phenoxy) is 3. The van der Waals surface area contributed by atoms with E-state index >= 15 is 0 Å². The van der Waals surface area contributed by atoms with Crippen molar-refractivity contribution in [2.24, 2.45) is 0 Å². The van der Waals surface area contributed by atoms with Crippen LogP contribution in [0.3, 0.4) is 0 Å². The summed E-state index contributed by atoms with van der Waals surface area (Å²) >= 11 is 0. The molecule has 0 radical (unpaired) electrons. The first-order chi connectivity index (χ1) is 15.4. The van der Waals surface area contributed by atoms with E-state index in [4.69, 9.17) is 9.47 Å². The summed E-state index contributed by atoms with van der Waals surface area (Å²) in [5.74, 6) is -1.53. The highest BCUT2D eigenvalue weighted by atomic mass is 16.6. The van der Waals surface area contributed by atoms with Gasteiger partial charge in [0.25, 0.3) is 11.8 Å². The van der Waals surface area contributed by atoms with Gasteiger partial charge in [0.1, 0.15) is 5.57 Å². The van der Waals surface area contributed by atoms with Gasteiger partial charge in [-0.15, -0.1) is 0 Å². The molecular formula is C23H22N2O7. The van der Waals surface area contributed by atoms with Crippen LogP contribution in [-0.4, -0.2) is 44.6 Å². The van der Waals surface area contributed by atoms with Gasteiger partial charge in [-0.3, -0.25) is 14.9 Å². The van der Waals surface area contributed by atoms with E-state index in [1.807, 2.05) is 19.1 Å². The zero-order valence-corrected chi connectivity index (χ0v) is 17.8. The van der Waals surface area contributed by atoms with Gasteiger partial charge in [0, 0.05) is 0 Å². The molecule has 2 aromatic rings. The SMILES string of the molecule is CCc1ccc(N2C(=O)NC(=O)C(=Cc3ccc(OCC(=O)OC)c(OC)c3)C2=O)cc1. The Hall–Kier alpha value is -4.14. The molecule has 1 aliphatic heterocycles. The van der Waals surface area contributed by atoms with E-state index in [9.17, 15) is 19.2 Å². The zero-order valence-electron chi connectivity index (χ0n) is 17.8. The highest BCUT2D eigenvalue weighted by Crippen LogP contribution is 2.30. The number of imide groups is 2. The van der Waals surface area contributed by atoms with E-state index in [-0.39, 0.29) is 23.7 Å². The van der Waals surface area contributed by atoms with E-state index in [0.29, 0.717) is 11.3 Å². The van der Waals surface area contributed by atoms with E-state index < -0.39 is 23.8 Å². The van der Waals surface area contributed by atoms with Crippen molar-refractivity contribution >= 4 is 35.6 Å². The van der Waals surface area contributed by atoms with E-state index in [0.717, 1.165) is 16.9 Å².